The molecule has 0 fully saturated rings. The number of rotatable bonds is 10. The number of carbonyl (C=O) groups is 5. The molecule has 11 nitrogen and oxygen atoms in total. The summed E-state index contributed by atoms with van der Waals surface area (Å²) in [6.07, 6.45) is -1.67. The van der Waals surface area contributed by atoms with E-state index < -0.39 is 53.3 Å². The predicted octanol–water partition coefficient (Wildman–Crippen LogP) is -0.472. The van der Waals surface area contributed by atoms with E-state index >= 15 is 0 Å². The van der Waals surface area contributed by atoms with Gasteiger partial charge in [0.2, 0.25) is 23.6 Å². The standard InChI is InChI=1S/C23H43N5O6/c1-13(17(31)20(33)24-8)25-19(32)14(11-16(30)28(9)10)26-21(34)18(23(5,6)7)27-15(29)12-22(2,3)4/h13-14,17-18,31H,11-12H2,1-10H3,(H,24,33)(H,25,32)(H,26,34)(H,27,29)/t13?,14-,17?,18+/m0/s1. The molecule has 5 N–H and O–H groups in total. The highest BCUT2D eigenvalue weighted by atomic mass is 16.3. The molecule has 196 valence electrons. The molecule has 0 saturated carbocycles. The average Bonchev–Trinajstić information content (AvgIpc) is 2.67. The normalized spacial score (nSPS) is 15.3. The zero-order valence-corrected chi connectivity index (χ0v) is 22.2. The van der Waals surface area contributed by atoms with Gasteiger partial charge in [0.1, 0.15) is 12.1 Å². The van der Waals surface area contributed by atoms with Crippen molar-refractivity contribution >= 4 is 29.5 Å². The number of nitrogens with one attached hydrogen (secondary N) is 4. The van der Waals surface area contributed by atoms with Crippen molar-refractivity contribution in [3.8, 4) is 0 Å². The Labute approximate surface area is 202 Å². The Balaban J connectivity index is 5.73. The molecule has 2 unspecified atom stereocenters. The lowest BCUT2D eigenvalue weighted by molar-refractivity contribution is -0.138. The summed E-state index contributed by atoms with van der Waals surface area (Å²) >= 11 is 0. The lowest BCUT2D eigenvalue weighted by atomic mass is 9.85. The van der Waals surface area contributed by atoms with Crippen molar-refractivity contribution in [3.05, 3.63) is 0 Å². The molecule has 4 atom stereocenters. The molecule has 0 aromatic carbocycles. The highest BCUT2D eigenvalue weighted by molar-refractivity contribution is 5.95. The first-order valence-corrected chi connectivity index (χ1v) is 11.3. The van der Waals surface area contributed by atoms with Gasteiger partial charge in [0.05, 0.1) is 12.5 Å². The van der Waals surface area contributed by atoms with Crippen molar-refractivity contribution in [2.75, 3.05) is 21.1 Å². The minimum atomic E-state index is -1.52. The number of aliphatic hydroxyl groups excluding tert-OH is 1. The zero-order chi connectivity index (χ0) is 27.0. The molecule has 0 aromatic rings. The van der Waals surface area contributed by atoms with Crippen LogP contribution in [0.2, 0.25) is 0 Å². The van der Waals surface area contributed by atoms with Crippen LogP contribution in [0.1, 0.15) is 61.3 Å². The summed E-state index contributed by atoms with van der Waals surface area (Å²) in [6, 6.07) is -3.24. The van der Waals surface area contributed by atoms with E-state index in [2.05, 4.69) is 21.3 Å². The predicted molar refractivity (Wildman–Crippen MR) is 128 cm³/mol. The van der Waals surface area contributed by atoms with Gasteiger partial charge in [-0.25, -0.2) is 0 Å². The molecule has 0 heterocycles. The Morgan fingerprint density at radius 1 is 0.853 bits per heavy atom. The number of aliphatic hydroxyl groups is 1. The summed E-state index contributed by atoms with van der Waals surface area (Å²) in [6.45, 7) is 12.5. The topological polar surface area (TPSA) is 157 Å². The highest BCUT2D eigenvalue weighted by Gasteiger charge is 2.37. The number of nitrogens with zero attached hydrogens (tertiary/aromatic N) is 1. The van der Waals surface area contributed by atoms with E-state index in [4.69, 9.17) is 0 Å². The molecule has 5 amide bonds. The fourth-order valence-electron chi connectivity index (χ4n) is 2.97. The molecule has 0 aliphatic heterocycles. The Hall–Kier alpha value is -2.69. The second-order valence-electron chi connectivity index (χ2n) is 11.0. The molecule has 0 bridgehead atoms. The van der Waals surface area contributed by atoms with E-state index in [1.54, 1.807) is 20.8 Å². The van der Waals surface area contributed by atoms with Crippen LogP contribution in [0.5, 0.6) is 0 Å². The van der Waals surface area contributed by atoms with Gasteiger partial charge in [-0.2, -0.15) is 0 Å². The van der Waals surface area contributed by atoms with E-state index in [0.717, 1.165) is 0 Å². The van der Waals surface area contributed by atoms with Gasteiger partial charge in [0.15, 0.2) is 6.10 Å². The van der Waals surface area contributed by atoms with Gasteiger partial charge in [0.25, 0.3) is 5.91 Å². The summed E-state index contributed by atoms with van der Waals surface area (Å²) < 4.78 is 0. The summed E-state index contributed by atoms with van der Waals surface area (Å²) in [5.74, 6) is -2.78. The molecule has 0 aliphatic rings. The molecule has 34 heavy (non-hydrogen) atoms. The number of carbonyl (C=O) groups excluding carboxylic acids is 5. The first kappa shape index (κ1) is 31.3. The smallest absolute Gasteiger partial charge is 0.250 e. The van der Waals surface area contributed by atoms with Gasteiger partial charge in [-0.05, 0) is 17.8 Å². The lowest BCUT2D eigenvalue weighted by Gasteiger charge is -2.33. The Morgan fingerprint density at radius 3 is 1.79 bits per heavy atom. The van der Waals surface area contributed by atoms with Crippen LogP contribution in [-0.2, 0) is 24.0 Å². The number of amides is 5. The highest BCUT2D eigenvalue weighted by Crippen LogP contribution is 2.22. The molecule has 0 spiro atoms. The van der Waals surface area contributed by atoms with E-state index in [1.807, 2.05) is 20.8 Å². The van der Waals surface area contributed by atoms with Gasteiger partial charge in [-0.15, -0.1) is 0 Å². The number of hydrogen-bond acceptors (Lipinski definition) is 6. The van der Waals surface area contributed by atoms with Crippen LogP contribution in [0.15, 0.2) is 0 Å². The van der Waals surface area contributed by atoms with Crippen LogP contribution in [0, 0.1) is 10.8 Å². The van der Waals surface area contributed by atoms with Crippen molar-refractivity contribution in [2.45, 2.75) is 85.5 Å². The maximum absolute atomic E-state index is 13.2. The lowest BCUT2D eigenvalue weighted by Crippen LogP contribution is -2.60. The summed E-state index contributed by atoms with van der Waals surface area (Å²) in [5, 5.41) is 20.1. The van der Waals surface area contributed by atoms with Crippen molar-refractivity contribution in [1.29, 1.82) is 0 Å². The molecule has 0 radical (unpaired) electrons. The third-order valence-corrected chi connectivity index (χ3v) is 4.99. The van der Waals surface area contributed by atoms with Gasteiger partial charge in [-0.3, -0.25) is 24.0 Å². The summed E-state index contributed by atoms with van der Waals surface area (Å²) in [4.78, 5) is 63.9. The van der Waals surface area contributed by atoms with Crippen molar-refractivity contribution in [1.82, 2.24) is 26.2 Å². The van der Waals surface area contributed by atoms with Crippen LogP contribution in [0.4, 0.5) is 0 Å². The number of hydrogen-bond donors (Lipinski definition) is 5. The van der Waals surface area contributed by atoms with Crippen LogP contribution in [-0.4, -0.2) is 84.9 Å². The molecule has 0 aliphatic carbocycles. The second-order valence-corrected chi connectivity index (χ2v) is 11.0. The van der Waals surface area contributed by atoms with Crippen molar-refractivity contribution in [3.63, 3.8) is 0 Å². The molecular formula is C23H43N5O6. The van der Waals surface area contributed by atoms with E-state index in [1.165, 1.54) is 33.0 Å². The Kier molecular flexibility index (Phi) is 11.7. The molecule has 0 rings (SSSR count). The van der Waals surface area contributed by atoms with E-state index in [-0.39, 0.29) is 24.2 Å². The van der Waals surface area contributed by atoms with Crippen LogP contribution < -0.4 is 21.3 Å². The monoisotopic (exact) mass is 485 g/mol. The average molecular weight is 486 g/mol. The van der Waals surface area contributed by atoms with E-state index in [0.29, 0.717) is 0 Å². The van der Waals surface area contributed by atoms with Crippen molar-refractivity contribution in [2.24, 2.45) is 10.8 Å². The minimum absolute atomic E-state index is 0.199. The second kappa shape index (κ2) is 12.7. The molecule has 0 saturated heterocycles. The first-order valence-electron chi connectivity index (χ1n) is 11.3. The molecule has 0 aromatic heterocycles. The Morgan fingerprint density at radius 2 is 1.38 bits per heavy atom. The minimum Gasteiger partial charge on any atom is -0.381 e. The van der Waals surface area contributed by atoms with Crippen LogP contribution in [0.3, 0.4) is 0 Å². The van der Waals surface area contributed by atoms with Gasteiger partial charge in [0, 0.05) is 27.6 Å². The van der Waals surface area contributed by atoms with Crippen molar-refractivity contribution < 1.29 is 29.1 Å². The molecular weight excluding hydrogens is 442 g/mol. The summed E-state index contributed by atoms with van der Waals surface area (Å²) in [5.41, 5.74) is -0.974. The van der Waals surface area contributed by atoms with Gasteiger partial charge >= 0.3 is 0 Å². The Bertz CT molecular complexity index is 754. The fourth-order valence-corrected chi connectivity index (χ4v) is 2.97. The fraction of sp³-hybridized carbons (Fsp3) is 0.783. The molecule has 11 heteroatoms. The maximum Gasteiger partial charge on any atom is 0.250 e. The summed E-state index contributed by atoms with van der Waals surface area (Å²) in [7, 11) is 4.38. The first-order chi connectivity index (χ1) is 15.3. The van der Waals surface area contributed by atoms with Crippen LogP contribution in [0.25, 0.3) is 0 Å². The largest absolute Gasteiger partial charge is 0.381 e. The maximum atomic E-state index is 13.2. The number of likely N-dealkylation sites (N-methyl/N-ethyl adjacent to an activating group) is 1. The van der Waals surface area contributed by atoms with Gasteiger partial charge < -0.3 is 31.3 Å². The van der Waals surface area contributed by atoms with Crippen LogP contribution >= 0.6 is 0 Å². The third kappa shape index (κ3) is 11.0. The van der Waals surface area contributed by atoms with E-state index in [9.17, 15) is 29.1 Å². The third-order valence-electron chi connectivity index (χ3n) is 4.99. The SMILES string of the molecule is CNC(=O)C(O)C(C)NC(=O)[C@H](CC(=O)N(C)C)NC(=O)[C@@H](NC(=O)CC(C)(C)C)C(C)(C)C. The zero-order valence-electron chi connectivity index (χ0n) is 22.2. The quantitative estimate of drug-likeness (QED) is 0.281. The van der Waals surface area contributed by atoms with Gasteiger partial charge in [-0.1, -0.05) is 41.5 Å².